The fraction of sp³-hybridized carbons (Fsp3) is 0.294. The Balaban J connectivity index is 1.70. The molecule has 1 aliphatic rings. The van der Waals surface area contributed by atoms with Gasteiger partial charge < -0.3 is 10.1 Å². The summed E-state index contributed by atoms with van der Waals surface area (Å²) < 4.78 is 5.94. The summed E-state index contributed by atoms with van der Waals surface area (Å²) in [6.07, 6.45) is 2.61. The van der Waals surface area contributed by atoms with E-state index in [4.69, 9.17) is 16.3 Å². The molecule has 2 nitrogen and oxygen atoms in total. The molecular weight excluding hydrogens is 270 g/mol. The Hall–Kier alpha value is -1.51. The molecule has 1 aliphatic carbocycles. The molecular formula is C17H18ClNO. The van der Waals surface area contributed by atoms with Gasteiger partial charge in [0.05, 0.1) is 0 Å². The average Bonchev–Trinajstić information content (AvgIpc) is 3.24. The van der Waals surface area contributed by atoms with E-state index >= 15 is 0 Å². The van der Waals surface area contributed by atoms with Crippen molar-refractivity contribution in [2.24, 2.45) is 0 Å². The van der Waals surface area contributed by atoms with Crippen LogP contribution in [0.3, 0.4) is 0 Å². The predicted octanol–water partition coefficient (Wildman–Crippen LogP) is 4.69. The predicted molar refractivity (Wildman–Crippen MR) is 82.6 cm³/mol. The van der Waals surface area contributed by atoms with Gasteiger partial charge in [-0.1, -0.05) is 23.7 Å². The van der Waals surface area contributed by atoms with E-state index in [0.717, 1.165) is 34.7 Å². The molecule has 0 aliphatic heterocycles. The average molecular weight is 288 g/mol. The number of nitrogens with one attached hydrogen (secondary N) is 1. The summed E-state index contributed by atoms with van der Waals surface area (Å²) in [4.78, 5) is 0. The van der Waals surface area contributed by atoms with Crippen LogP contribution in [-0.2, 0) is 6.54 Å². The third-order valence-electron chi connectivity index (χ3n) is 3.44. The van der Waals surface area contributed by atoms with Crippen LogP contribution >= 0.6 is 11.6 Å². The molecule has 0 bridgehead atoms. The SMILES string of the molecule is Cc1cc(Cl)ccc1Oc1cccc(CNC2CC2)c1. The van der Waals surface area contributed by atoms with Gasteiger partial charge in [0.25, 0.3) is 0 Å². The van der Waals surface area contributed by atoms with Gasteiger partial charge in [-0.3, -0.25) is 0 Å². The highest BCUT2D eigenvalue weighted by Crippen LogP contribution is 2.28. The van der Waals surface area contributed by atoms with Crippen LogP contribution in [0.4, 0.5) is 0 Å². The highest BCUT2D eigenvalue weighted by molar-refractivity contribution is 6.30. The number of ether oxygens (including phenoxy) is 1. The number of rotatable bonds is 5. The first-order chi connectivity index (χ1) is 9.70. The van der Waals surface area contributed by atoms with Crippen LogP contribution in [0.15, 0.2) is 42.5 Å². The molecule has 0 radical (unpaired) electrons. The van der Waals surface area contributed by atoms with E-state index in [1.807, 2.05) is 37.3 Å². The molecule has 0 atom stereocenters. The van der Waals surface area contributed by atoms with Crippen LogP contribution in [0.2, 0.25) is 5.02 Å². The molecule has 20 heavy (non-hydrogen) atoms. The number of halogens is 1. The lowest BCUT2D eigenvalue weighted by atomic mass is 10.2. The van der Waals surface area contributed by atoms with Gasteiger partial charge in [0, 0.05) is 17.6 Å². The van der Waals surface area contributed by atoms with E-state index in [9.17, 15) is 0 Å². The smallest absolute Gasteiger partial charge is 0.130 e. The van der Waals surface area contributed by atoms with Gasteiger partial charge in [-0.25, -0.2) is 0 Å². The van der Waals surface area contributed by atoms with Crippen LogP contribution < -0.4 is 10.1 Å². The van der Waals surface area contributed by atoms with Crippen LogP contribution in [0.1, 0.15) is 24.0 Å². The third kappa shape index (κ3) is 3.53. The normalized spacial score (nSPS) is 14.3. The Labute approximate surface area is 124 Å². The highest BCUT2D eigenvalue weighted by atomic mass is 35.5. The second-order valence-corrected chi connectivity index (χ2v) is 5.75. The zero-order chi connectivity index (χ0) is 13.9. The van der Waals surface area contributed by atoms with Crippen LogP contribution in [-0.4, -0.2) is 6.04 Å². The van der Waals surface area contributed by atoms with Crippen molar-refractivity contribution < 1.29 is 4.74 Å². The molecule has 0 amide bonds. The Morgan fingerprint density at radius 3 is 2.80 bits per heavy atom. The van der Waals surface area contributed by atoms with Crippen LogP contribution in [0.5, 0.6) is 11.5 Å². The van der Waals surface area contributed by atoms with E-state index in [2.05, 4.69) is 17.4 Å². The van der Waals surface area contributed by atoms with Crippen LogP contribution in [0, 0.1) is 6.92 Å². The molecule has 0 aromatic heterocycles. The fourth-order valence-electron chi connectivity index (χ4n) is 2.12. The first-order valence-electron chi connectivity index (χ1n) is 6.97. The minimum Gasteiger partial charge on any atom is -0.457 e. The fourth-order valence-corrected chi connectivity index (χ4v) is 2.35. The Morgan fingerprint density at radius 2 is 2.05 bits per heavy atom. The molecule has 0 heterocycles. The molecule has 104 valence electrons. The largest absolute Gasteiger partial charge is 0.457 e. The van der Waals surface area contributed by atoms with Crippen molar-refractivity contribution in [1.82, 2.24) is 5.32 Å². The van der Waals surface area contributed by atoms with Crippen molar-refractivity contribution in [3.63, 3.8) is 0 Å². The Bertz CT molecular complexity index is 608. The molecule has 1 saturated carbocycles. The summed E-state index contributed by atoms with van der Waals surface area (Å²) in [5.74, 6) is 1.72. The summed E-state index contributed by atoms with van der Waals surface area (Å²) in [6, 6.07) is 14.6. The maximum absolute atomic E-state index is 5.96. The topological polar surface area (TPSA) is 21.3 Å². The molecule has 1 fully saturated rings. The maximum Gasteiger partial charge on any atom is 0.130 e. The summed E-state index contributed by atoms with van der Waals surface area (Å²) in [7, 11) is 0. The van der Waals surface area contributed by atoms with Gasteiger partial charge in [-0.05, 0) is 61.2 Å². The Kier molecular flexibility index (Phi) is 3.95. The monoisotopic (exact) mass is 287 g/mol. The second kappa shape index (κ2) is 5.86. The first-order valence-corrected chi connectivity index (χ1v) is 7.35. The van der Waals surface area contributed by atoms with E-state index < -0.39 is 0 Å². The summed E-state index contributed by atoms with van der Waals surface area (Å²) in [5, 5.41) is 4.24. The molecule has 0 spiro atoms. The summed E-state index contributed by atoms with van der Waals surface area (Å²) in [6.45, 7) is 2.90. The van der Waals surface area contributed by atoms with Gasteiger partial charge in [0.1, 0.15) is 11.5 Å². The lowest BCUT2D eigenvalue weighted by molar-refractivity contribution is 0.478. The summed E-state index contributed by atoms with van der Waals surface area (Å²) in [5.41, 5.74) is 2.29. The molecule has 3 heteroatoms. The van der Waals surface area contributed by atoms with Crippen molar-refractivity contribution in [2.75, 3.05) is 0 Å². The zero-order valence-electron chi connectivity index (χ0n) is 11.5. The standard InChI is InChI=1S/C17H18ClNO/c1-12-9-14(18)5-8-17(12)20-16-4-2-3-13(10-16)11-19-15-6-7-15/h2-5,8-10,15,19H,6-7,11H2,1H3. The first kappa shape index (κ1) is 13.5. The van der Waals surface area contributed by atoms with E-state index in [1.54, 1.807) is 0 Å². The van der Waals surface area contributed by atoms with Gasteiger partial charge >= 0.3 is 0 Å². The van der Waals surface area contributed by atoms with Crippen molar-refractivity contribution in [3.05, 3.63) is 58.6 Å². The van der Waals surface area contributed by atoms with E-state index in [-0.39, 0.29) is 0 Å². The second-order valence-electron chi connectivity index (χ2n) is 5.31. The quantitative estimate of drug-likeness (QED) is 0.861. The highest BCUT2D eigenvalue weighted by Gasteiger charge is 2.19. The Morgan fingerprint density at radius 1 is 1.20 bits per heavy atom. The molecule has 0 unspecified atom stereocenters. The minimum absolute atomic E-state index is 0.720. The maximum atomic E-state index is 5.96. The molecule has 3 rings (SSSR count). The van der Waals surface area contributed by atoms with Gasteiger partial charge in [0.15, 0.2) is 0 Å². The zero-order valence-corrected chi connectivity index (χ0v) is 12.3. The summed E-state index contributed by atoms with van der Waals surface area (Å²) >= 11 is 5.96. The third-order valence-corrected chi connectivity index (χ3v) is 3.67. The number of hydrogen-bond donors (Lipinski definition) is 1. The molecule has 1 N–H and O–H groups in total. The molecule has 2 aromatic carbocycles. The lowest BCUT2D eigenvalue weighted by Gasteiger charge is -2.10. The number of aryl methyl sites for hydroxylation is 1. The molecule has 2 aromatic rings. The van der Waals surface area contributed by atoms with Crippen molar-refractivity contribution in [3.8, 4) is 11.5 Å². The van der Waals surface area contributed by atoms with E-state index in [1.165, 1.54) is 18.4 Å². The number of hydrogen-bond acceptors (Lipinski definition) is 2. The van der Waals surface area contributed by atoms with E-state index in [0.29, 0.717) is 0 Å². The number of benzene rings is 2. The lowest BCUT2D eigenvalue weighted by Crippen LogP contribution is -2.15. The van der Waals surface area contributed by atoms with Crippen molar-refractivity contribution in [1.29, 1.82) is 0 Å². The van der Waals surface area contributed by atoms with Gasteiger partial charge in [-0.15, -0.1) is 0 Å². The minimum atomic E-state index is 0.720. The van der Waals surface area contributed by atoms with Gasteiger partial charge in [-0.2, -0.15) is 0 Å². The van der Waals surface area contributed by atoms with Crippen LogP contribution in [0.25, 0.3) is 0 Å². The molecule has 0 saturated heterocycles. The van der Waals surface area contributed by atoms with Crippen molar-refractivity contribution in [2.45, 2.75) is 32.4 Å². The van der Waals surface area contributed by atoms with Crippen molar-refractivity contribution >= 4 is 11.6 Å². The van der Waals surface area contributed by atoms with Gasteiger partial charge in [0.2, 0.25) is 0 Å².